The summed E-state index contributed by atoms with van der Waals surface area (Å²) in [4.78, 5) is 14.3. The van der Waals surface area contributed by atoms with Gasteiger partial charge in [0.05, 0.1) is 0 Å². The third-order valence-corrected chi connectivity index (χ3v) is 4.80. The van der Waals surface area contributed by atoms with E-state index in [2.05, 4.69) is 31.0 Å². The molecule has 0 aromatic heterocycles. The molecule has 4 heteroatoms. The van der Waals surface area contributed by atoms with Crippen molar-refractivity contribution >= 4 is 5.97 Å². The Labute approximate surface area is 130 Å². The Hall–Kier alpha value is -0.610. The van der Waals surface area contributed by atoms with Crippen LogP contribution in [0.3, 0.4) is 0 Å². The molecule has 1 aliphatic rings. The molecule has 1 aliphatic carbocycles. The second kappa shape index (κ2) is 8.74. The molecular weight excluding hydrogens is 264 g/mol. The van der Waals surface area contributed by atoms with Crippen LogP contribution in [0.1, 0.15) is 72.6 Å². The number of unbranched alkanes of at least 4 members (excludes halogenated alkanes) is 2. The maximum Gasteiger partial charge on any atom is 0.323 e. The van der Waals surface area contributed by atoms with Crippen molar-refractivity contribution in [3.63, 3.8) is 0 Å². The van der Waals surface area contributed by atoms with Gasteiger partial charge in [-0.3, -0.25) is 9.69 Å². The summed E-state index contributed by atoms with van der Waals surface area (Å²) in [6.45, 7) is 10.5. The van der Waals surface area contributed by atoms with Crippen LogP contribution in [-0.2, 0) is 4.79 Å². The van der Waals surface area contributed by atoms with Gasteiger partial charge < -0.3 is 10.4 Å². The summed E-state index contributed by atoms with van der Waals surface area (Å²) in [6.07, 6.45) is 7.33. The van der Waals surface area contributed by atoms with Crippen molar-refractivity contribution in [1.29, 1.82) is 0 Å². The molecule has 1 rings (SSSR count). The van der Waals surface area contributed by atoms with Crippen LogP contribution in [0.4, 0.5) is 0 Å². The zero-order chi connectivity index (χ0) is 15.9. The maximum atomic E-state index is 11.8. The third-order valence-electron chi connectivity index (χ3n) is 4.80. The van der Waals surface area contributed by atoms with Crippen LogP contribution >= 0.6 is 0 Å². The lowest BCUT2D eigenvalue weighted by atomic mass is 9.78. The normalized spacial score (nSPS) is 26.5. The standard InChI is InChI=1S/C17H34N2O2/c1-5-7-8-12-19(14(3)4)15-10-9-11-17(13-15,16(20)21)18-6-2/h14-15,18H,5-13H2,1-4H3,(H,20,21). The molecule has 0 saturated heterocycles. The first-order chi connectivity index (χ1) is 9.96. The number of carboxylic acids is 1. The Kier molecular flexibility index (Phi) is 7.67. The first kappa shape index (κ1) is 18.4. The van der Waals surface area contributed by atoms with E-state index in [0.29, 0.717) is 12.1 Å². The molecule has 2 atom stereocenters. The Balaban J connectivity index is 2.76. The van der Waals surface area contributed by atoms with Gasteiger partial charge in [0.2, 0.25) is 0 Å². The molecule has 124 valence electrons. The van der Waals surface area contributed by atoms with Crippen LogP contribution in [0.5, 0.6) is 0 Å². The van der Waals surface area contributed by atoms with Crippen molar-refractivity contribution in [2.75, 3.05) is 13.1 Å². The predicted octanol–water partition coefficient (Wildman–Crippen LogP) is 3.26. The smallest absolute Gasteiger partial charge is 0.323 e. The van der Waals surface area contributed by atoms with Gasteiger partial charge in [-0.2, -0.15) is 0 Å². The van der Waals surface area contributed by atoms with Crippen LogP contribution in [0, 0.1) is 0 Å². The topological polar surface area (TPSA) is 52.6 Å². The summed E-state index contributed by atoms with van der Waals surface area (Å²) in [5.74, 6) is -0.675. The fraction of sp³-hybridized carbons (Fsp3) is 0.941. The monoisotopic (exact) mass is 298 g/mol. The highest BCUT2D eigenvalue weighted by molar-refractivity contribution is 5.79. The molecule has 0 radical (unpaired) electrons. The highest BCUT2D eigenvalue weighted by Crippen LogP contribution is 2.32. The zero-order valence-corrected chi connectivity index (χ0v) is 14.3. The molecule has 2 unspecified atom stereocenters. The van der Waals surface area contributed by atoms with Crippen LogP contribution in [-0.4, -0.2) is 46.7 Å². The van der Waals surface area contributed by atoms with Crippen molar-refractivity contribution < 1.29 is 9.90 Å². The van der Waals surface area contributed by atoms with E-state index in [-0.39, 0.29) is 0 Å². The second-order valence-electron chi connectivity index (χ2n) is 6.71. The number of rotatable bonds is 9. The zero-order valence-electron chi connectivity index (χ0n) is 14.3. The summed E-state index contributed by atoms with van der Waals surface area (Å²) >= 11 is 0. The largest absolute Gasteiger partial charge is 0.480 e. The molecule has 0 aliphatic heterocycles. The first-order valence-corrected chi connectivity index (χ1v) is 8.71. The number of carbonyl (C=O) groups is 1. The predicted molar refractivity (Wildman–Crippen MR) is 87.7 cm³/mol. The molecule has 0 heterocycles. The lowest BCUT2D eigenvalue weighted by Gasteiger charge is -2.44. The van der Waals surface area contributed by atoms with Gasteiger partial charge in [-0.25, -0.2) is 0 Å². The summed E-state index contributed by atoms with van der Waals surface area (Å²) in [7, 11) is 0. The average molecular weight is 298 g/mol. The van der Waals surface area contributed by atoms with Crippen molar-refractivity contribution in [2.24, 2.45) is 0 Å². The van der Waals surface area contributed by atoms with E-state index in [0.717, 1.165) is 38.8 Å². The number of nitrogens with zero attached hydrogens (tertiary/aromatic N) is 1. The van der Waals surface area contributed by atoms with Gasteiger partial charge in [-0.05, 0) is 59.0 Å². The van der Waals surface area contributed by atoms with E-state index >= 15 is 0 Å². The van der Waals surface area contributed by atoms with E-state index in [1.165, 1.54) is 19.3 Å². The number of likely N-dealkylation sites (N-methyl/N-ethyl adjacent to an activating group) is 1. The molecule has 0 bridgehead atoms. The number of hydrogen-bond donors (Lipinski definition) is 2. The van der Waals surface area contributed by atoms with Gasteiger partial charge in [0.1, 0.15) is 5.54 Å². The minimum atomic E-state index is -0.713. The Morgan fingerprint density at radius 1 is 1.38 bits per heavy atom. The summed E-state index contributed by atoms with van der Waals surface area (Å²) < 4.78 is 0. The van der Waals surface area contributed by atoms with Gasteiger partial charge in [-0.15, -0.1) is 0 Å². The van der Waals surface area contributed by atoms with Gasteiger partial charge in [-0.1, -0.05) is 26.7 Å². The minimum Gasteiger partial charge on any atom is -0.480 e. The molecule has 1 fully saturated rings. The highest BCUT2D eigenvalue weighted by Gasteiger charge is 2.43. The fourth-order valence-electron chi connectivity index (χ4n) is 3.70. The first-order valence-electron chi connectivity index (χ1n) is 8.71. The average Bonchev–Trinajstić information content (AvgIpc) is 2.43. The van der Waals surface area contributed by atoms with E-state index in [4.69, 9.17) is 0 Å². The number of carboxylic acid groups (broad SMARTS) is 1. The quantitative estimate of drug-likeness (QED) is 0.642. The van der Waals surface area contributed by atoms with Gasteiger partial charge in [0.25, 0.3) is 0 Å². The van der Waals surface area contributed by atoms with E-state index < -0.39 is 11.5 Å². The molecule has 0 spiro atoms. The van der Waals surface area contributed by atoms with E-state index in [9.17, 15) is 9.90 Å². The van der Waals surface area contributed by atoms with Crippen molar-refractivity contribution in [3.8, 4) is 0 Å². The molecule has 0 aromatic rings. The number of hydrogen-bond acceptors (Lipinski definition) is 3. The van der Waals surface area contributed by atoms with Crippen molar-refractivity contribution in [3.05, 3.63) is 0 Å². The molecule has 2 N–H and O–H groups in total. The lowest BCUT2D eigenvalue weighted by Crippen LogP contribution is -2.59. The lowest BCUT2D eigenvalue weighted by molar-refractivity contribution is -0.147. The van der Waals surface area contributed by atoms with Crippen molar-refractivity contribution in [2.45, 2.75) is 90.3 Å². The summed E-state index contributed by atoms with van der Waals surface area (Å²) in [5.41, 5.74) is -0.713. The van der Waals surface area contributed by atoms with Crippen LogP contribution in [0.2, 0.25) is 0 Å². The molecule has 0 aromatic carbocycles. The molecular formula is C17H34N2O2. The number of aliphatic carboxylic acids is 1. The van der Waals surface area contributed by atoms with Crippen LogP contribution in [0.15, 0.2) is 0 Å². The molecule has 0 amide bonds. The third kappa shape index (κ3) is 4.96. The second-order valence-corrected chi connectivity index (χ2v) is 6.71. The van der Waals surface area contributed by atoms with E-state index in [1.54, 1.807) is 0 Å². The Morgan fingerprint density at radius 3 is 2.62 bits per heavy atom. The minimum absolute atomic E-state index is 0.394. The Bertz CT molecular complexity index is 316. The molecule has 21 heavy (non-hydrogen) atoms. The Morgan fingerprint density at radius 2 is 2.10 bits per heavy atom. The van der Waals surface area contributed by atoms with E-state index in [1.807, 2.05) is 6.92 Å². The summed E-state index contributed by atoms with van der Waals surface area (Å²) in [6, 6.07) is 0.879. The van der Waals surface area contributed by atoms with Crippen LogP contribution in [0.25, 0.3) is 0 Å². The van der Waals surface area contributed by atoms with Gasteiger partial charge in [0, 0.05) is 12.1 Å². The number of nitrogens with one attached hydrogen (secondary N) is 1. The van der Waals surface area contributed by atoms with Gasteiger partial charge in [0.15, 0.2) is 0 Å². The molecule has 1 saturated carbocycles. The van der Waals surface area contributed by atoms with Crippen molar-refractivity contribution in [1.82, 2.24) is 10.2 Å². The fourth-order valence-corrected chi connectivity index (χ4v) is 3.70. The van der Waals surface area contributed by atoms with Crippen LogP contribution < -0.4 is 5.32 Å². The highest BCUT2D eigenvalue weighted by atomic mass is 16.4. The summed E-state index contributed by atoms with van der Waals surface area (Å²) in [5, 5.41) is 13.0. The molecule has 4 nitrogen and oxygen atoms in total. The SMILES string of the molecule is CCCCCN(C(C)C)C1CCCC(NCC)(C(=O)O)C1. The maximum absolute atomic E-state index is 11.8. The van der Waals surface area contributed by atoms with Gasteiger partial charge >= 0.3 is 5.97 Å².